The second-order valence-corrected chi connectivity index (χ2v) is 8.50. The van der Waals surface area contributed by atoms with Crippen molar-refractivity contribution in [1.29, 1.82) is 0 Å². The molecule has 0 aliphatic carbocycles. The molecular weight excluding hydrogens is 445 g/mol. The number of likely N-dealkylation sites (tertiary alicyclic amines) is 1. The molecule has 144 valence electrons. The molecule has 0 unspecified atom stereocenters. The van der Waals surface area contributed by atoms with Crippen molar-refractivity contribution in [2.75, 3.05) is 33.2 Å². The minimum atomic E-state index is 0. The highest BCUT2D eigenvalue weighted by molar-refractivity contribution is 14.0. The lowest BCUT2D eigenvalue weighted by atomic mass is 9.98. The van der Waals surface area contributed by atoms with Crippen molar-refractivity contribution < 1.29 is 0 Å². The minimum Gasteiger partial charge on any atom is -0.356 e. The Balaban J connectivity index is 0.00000312. The molecule has 1 aromatic rings. The molecule has 2 rings (SSSR count). The van der Waals surface area contributed by atoms with Gasteiger partial charge in [0.05, 0.1) is 10.7 Å². The summed E-state index contributed by atoms with van der Waals surface area (Å²) in [5.74, 6) is 0.880. The number of aromatic nitrogens is 1. The number of aliphatic imine (C=N–C) groups is 1. The summed E-state index contributed by atoms with van der Waals surface area (Å²) < 4.78 is 0. The number of thiazole rings is 1. The molecule has 0 bridgehead atoms. The van der Waals surface area contributed by atoms with E-state index in [1.165, 1.54) is 42.2 Å². The highest BCUT2D eigenvalue weighted by Crippen LogP contribution is 2.19. The van der Waals surface area contributed by atoms with Gasteiger partial charge in [0.15, 0.2) is 5.96 Å². The standard InChI is InChI=1S/C18H33N5S.HI/c1-14-15(2)24-16(22-14)9-10-20-17(19-5)21-13-18(3,4)23-11-7-6-8-12-23;/h6-13H2,1-5H3,(H2,19,20,21);1H. The largest absolute Gasteiger partial charge is 0.356 e. The van der Waals surface area contributed by atoms with E-state index >= 15 is 0 Å². The molecule has 2 N–H and O–H groups in total. The van der Waals surface area contributed by atoms with E-state index in [1.807, 2.05) is 7.05 Å². The van der Waals surface area contributed by atoms with Crippen LogP contribution in [0, 0.1) is 13.8 Å². The first-order valence-electron chi connectivity index (χ1n) is 9.05. The van der Waals surface area contributed by atoms with E-state index in [9.17, 15) is 0 Å². The predicted octanol–water partition coefficient (Wildman–Crippen LogP) is 3.35. The van der Waals surface area contributed by atoms with Crippen LogP contribution in [0.2, 0.25) is 0 Å². The average molecular weight is 479 g/mol. The molecular formula is C18H34IN5S. The SMILES string of the molecule is CN=C(NCCc1nc(C)c(C)s1)NCC(C)(C)N1CCCCC1.I. The molecule has 0 spiro atoms. The van der Waals surface area contributed by atoms with Crippen LogP contribution >= 0.6 is 35.3 Å². The molecule has 1 saturated heterocycles. The van der Waals surface area contributed by atoms with Crippen molar-refractivity contribution in [3.63, 3.8) is 0 Å². The van der Waals surface area contributed by atoms with E-state index < -0.39 is 0 Å². The second-order valence-electron chi connectivity index (χ2n) is 7.21. The molecule has 5 nitrogen and oxygen atoms in total. The Kier molecular flexibility index (Phi) is 9.66. The number of rotatable bonds is 6. The molecule has 1 fully saturated rings. The quantitative estimate of drug-likeness (QED) is 0.374. The first kappa shape index (κ1) is 22.6. The summed E-state index contributed by atoms with van der Waals surface area (Å²) in [6, 6.07) is 0. The van der Waals surface area contributed by atoms with E-state index in [2.05, 4.69) is 53.2 Å². The van der Waals surface area contributed by atoms with Crippen molar-refractivity contribution in [2.24, 2.45) is 4.99 Å². The Hall–Kier alpha value is -0.410. The molecule has 0 saturated carbocycles. The fourth-order valence-corrected chi connectivity index (χ4v) is 4.00. The molecule has 0 aromatic carbocycles. The summed E-state index contributed by atoms with van der Waals surface area (Å²) >= 11 is 1.79. The van der Waals surface area contributed by atoms with Gasteiger partial charge in [0.25, 0.3) is 0 Å². The fourth-order valence-electron chi connectivity index (χ4n) is 3.07. The third-order valence-corrected chi connectivity index (χ3v) is 5.96. The Labute approximate surface area is 174 Å². The van der Waals surface area contributed by atoms with Gasteiger partial charge in [0, 0.05) is 37.0 Å². The summed E-state index contributed by atoms with van der Waals surface area (Å²) in [7, 11) is 1.83. The van der Waals surface area contributed by atoms with Gasteiger partial charge in [-0.05, 0) is 53.6 Å². The fraction of sp³-hybridized carbons (Fsp3) is 0.778. The summed E-state index contributed by atoms with van der Waals surface area (Å²) in [5, 5.41) is 8.10. The predicted molar refractivity (Wildman–Crippen MR) is 120 cm³/mol. The monoisotopic (exact) mass is 479 g/mol. The van der Waals surface area contributed by atoms with Crippen LogP contribution in [0.3, 0.4) is 0 Å². The van der Waals surface area contributed by atoms with E-state index in [0.717, 1.165) is 31.2 Å². The molecule has 1 aliphatic rings. The number of hydrogen-bond acceptors (Lipinski definition) is 4. The van der Waals surface area contributed by atoms with Gasteiger partial charge in [0.2, 0.25) is 0 Å². The summed E-state index contributed by atoms with van der Waals surface area (Å²) in [6.45, 7) is 13.0. The van der Waals surface area contributed by atoms with Crippen molar-refractivity contribution in [3.05, 3.63) is 15.6 Å². The summed E-state index contributed by atoms with van der Waals surface area (Å²) in [4.78, 5) is 12.9. The topological polar surface area (TPSA) is 52.6 Å². The first-order chi connectivity index (χ1) is 11.4. The van der Waals surface area contributed by atoms with Gasteiger partial charge >= 0.3 is 0 Å². The van der Waals surface area contributed by atoms with Crippen LogP contribution in [0.1, 0.15) is 48.7 Å². The van der Waals surface area contributed by atoms with E-state index in [-0.39, 0.29) is 29.5 Å². The molecule has 2 heterocycles. The molecule has 0 radical (unpaired) electrons. The van der Waals surface area contributed by atoms with Crippen LogP contribution in [0.25, 0.3) is 0 Å². The number of hydrogen-bond donors (Lipinski definition) is 2. The summed E-state index contributed by atoms with van der Waals surface area (Å²) in [6.07, 6.45) is 4.96. The molecule has 25 heavy (non-hydrogen) atoms. The van der Waals surface area contributed by atoms with Gasteiger partial charge in [-0.2, -0.15) is 0 Å². The van der Waals surface area contributed by atoms with E-state index in [1.54, 1.807) is 11.3 Å². The van der Waals surface area contributed by atoms with Crippen LogP contribution in [0.15, 0.2) is 4.99 Å². The number of piperidine rings is 1. The normalized spacial score (nSPS) is 16.4. The minimum absolute atomic E-state index is 0. The van der Waals surface area contributed by atoms with Crippen LogP contribution in [-0.4, -0.2) is 54.6 Å². The first-order valence-corrected chi connectivity index (χ1v) is 9.86. The molecule has 0 atom stereocenters. The Bertz CT molecular complexity index is 530. The van der Waals surface area contributed by atoms with Crippen LogP contribution < -0.4 is 10.6 Å². The molecule has 1 aromatic heterocycles. The number of aryl methyl sites for hydroxylation is 2. The molecule has 0 amide bonds. The molecule has 7 heteroatoms. The van der Waals surface area contributed by atoms with Crippen molar-refractivity contribution in [3.8, 4) is 0 Å². The van der Waals surface area contributed by atoms with Crippen LogP contribution in [-0.2, 0) is 6.42 Å². The van der Waals surface area contributed by atoms with Gasteiger partial charge < -0.3 is 10.6 Å². The zero-order valence-electron chi connectivity index (χ0n) is 16.3. The maximum atomic E-state index is 4.59. The lowest BCUT2D eigenvalue weighted by Crippen LogP contribution is -2.55. The van der Waals surface area contributed by atoms with Gasteiger partial charge in [-0.3, -0.25) is 9.89 Å². The smallest absolute Gasteiger partial charge is 0.191 e. The van der Waals surface area contributed by atoms with Crippen LogP contribution in [0.5, 0.6) is 0 Å². The van der Waals surface area contributed by atoms with Crippen LogP contribution in [0.4, 0.5) is 0 Å². The van der Waals surface area contributed by atoms with Gasteiger partial charge in [-0.25, -0.2) is 4.98 Å². The van der Waals surface area contributed by atoms with Gasteiger partial charge in [0.1, 0.15) is 0 Å². The third kappa shape index (κ3) is 7.02. The number of nitrogens with one attached hydrogen (secondary N) is 2. The highest BCUT2D eigenvalue weighted by atomic mass is 127. The summed E-state index contributed by atoms with van der Waals surface area (Å²) in [5.41, 5.74) is 1.31. The highest BCUT2D eigenvalue weighted by Gasteiger charge is 2.27. The molecule has 1 aliphatic heterocycles. The third-order valence-electron chi connectivity index (χ3n) is 4.83. The zero-order valence-corrected chi connectivity index (χ0v) is 19.5. The second kappa shape index (κ2) is 10.7. The Morgan fingerprint density at radius 1 is 1.20 bits per heavy atom. The average Bonchev–Trinajstić information content (AvgIpc) is 2.89. The van der Waals surface area contributed by atoms with Gasteiger partial charge in [-0.15, -0.1) is 35.3 Å². The maximum absolute atomic E-state index is 4.59. The lowest BCUT2D eigenvalue weighted by molar-refractivity contribution is 0.0982. The van der Waals surface area contributed by atoms with E-state index in [0.29, 0.717) is 0 Å². The Morgan fingerprint density at radius 3 is 2.44 bits per heavy atom. The lowest BCUT2D eigenvalue weighted by Gasteiger charge is -2.41. The Morgan fingerprint density at radius 2 is 1.88 bits per heavy atom. The van der Waals surface area contributed by atoms with Crippen molar-refractivity contribution >= 4 is 41.3 Å². The zero-order chi connectivity index (χ0) is 17.6. The van der Waals surface area contributed by atoms with Gasteiger partial charge in [-0.1, -0.05) is 6.42 Å². The number of halogens is 1. The van der Waals surface area contributed by atoms with Crippen molar-refractivity contribution in [2.45, 2.75) is 58.9 Å². The number of guanidine groups is 1. The van der Waals surface area contributed by atoms with E-state index in [4.69, 9.17) is 0 Å². The maximum Gasteiger partial charge on any atom is 0.191 e. The van der Waals surface area contributed by atoms with Crippen molar-refractivity contribution in [1.82, 2.24) is 20.5 Å². The number of nitrogens with zero attached hydrogens (tertiary/aromatic N) is 3.